The van der Waals surface area contributed by atoms with Gasteiger partial charge in [0.1, 0.15) is 24.1 Å². The smallest absolute Gasteiger partial charge is 0.418 e. The molecule has 3 heterocycles. The van der Waals surface area contributed by atoms with Crippen molar-refractivity contribution in [1.29, 1.82) is 0 Å². The van der Waals surface area contributed by atoms with Crippen molar-refractivity contribution < 1.29 is 46.3 Å². The Bertz CT molecular complexity index is 1590. The molecule has 0 radical (unpaired) electrons. The number of nitrogens with zero attached hydrogens (tertiary/aromatic N) is 4. The number of hydrogen-bond acceptors (Lipinski definition) is 16. The van der Waals surface area contributed by atoms with Crippen LogP contribution < -0.4 is 32.2 Å². The van der Waals surface area contributed by atoms with Crippen LogP contribution in [0.5, 0.6) is 5.75 Å². The lowest BCUT2D eigenvalue weighted by Gasteiger charge is -2.50. The highest BCUT2D eigenvalue weighted by molar-refractivity contribution is 7.80. The summed E-state index contributed by atoms with van der Waals surface area (Å²) in [6.45, 7) is 3.79. The molecule has 2 aromatic rings. The zero-order valence-corrected chi connectivity index (χ0v) is 25.5. The van der Waals surface area contributed by atoms with Gasteiger partial charge in [0.25, 0.3) is 17.9 Å². The quantitative estimate of drug-likeness (QED) is 0.0514. The SMILES string of the molecule is CC1(C)C(NC(=O)/C(=N\OC(COc2ccc(C3CN=C(NCCN)N3)cc2)C(=O)O)c2csc(N)n2)C(=O)N1OS(=O)(=O)O. The molecule has 1 aromatic carbocycles. The minimum Gasteiger partial charge on any atom is -0.489 e. The average molecular weight is 670 g/mol. The number of nitrogens with one attached hydrogen (secondary N) is 3. The summed E-state index contributed by atoms with van der Waals surface area (Å²) in [5.41, 5.74) is 10.1. The number of carboxylic acid groups (broad SMARTS) is 1. The second-order valence-corrected chi connectivity index (χ2v) is 12.0. The van der Waals surface area contributed by atoms with E-state index in [4.69, 9.17) is 25.6 Å². The lowest BCUT2D eigenvalue weighted by atomic mass is 9.84. The number of carboxylic acids is 1. The number of nitrogen functional groups attached to an aromatic ring is 1. The summed E-state index contributed by atoms with van der Waals surface area (Å²) in [7, 11) is -5.01. The van der Waals surface area contributed by atoms with Gasteiger partial charge in [-0.3, -0.25) is 19.1 Å². The Kier molecular flexibility index (Phi) is 10.1. The molecule has 21 heteroatoms. The van der Waals surface area contributed by atoms with Crippen LogP contribution in [-0.4, -0.2) is 102 Å². The third-order valence-corrected chi connectivity index (χ3v) is 7.52. The van der Waals surface area contributed by atoms with Gasteiger partial charge < -0.3 is 42.1 Å². The Hall–Kier alpha value is -4.57. The first-order valence-corrected chi connectivity index (χ1v) is 15.4. The molecule has 4 rings (SSSR count). The summed E-state index contributed by atoms with van der Waals surface area (Å²) in [5, 5.41) is 23.9. The number of oxime groups is 1. The van der Waals surface area contributed by atoms with Crippen molar-refractivity contribution >= 4 is 56.3 Å². The number of aliphatic carboxylic acids is 1. The zero-order valence-electron chi connectivity index (χ0n) is 23.9. The van der Waals surface area contributed by atoms with Crippen molar-refractivity contribution in [2.75, 3.05) is 32.0 Å². The number of anilines is 1. The molecule has 0 bridgehead atoms. The number of guanidine groups is 1. The molecular formula is C24H31N9O10S2. The summed E-state index contributed by atoms with van der Waals surface area (Å²) in [6, 6.07) is 5.50. The number of aromatic nitrogens is 1. The van der Waals surface area contributed by atoms with Gasteiger partial charge in [-0.15, -0.1) is 15.6 Å². The Morgan fingerprint density at radius 1 is 1.31 bits per heavy atom. The molecule has 3 unspecified atom stereocenters. The van der Waals surface area contributed by atoms with Gasteiger partial charge in [-0.1, -0.05) is 17.3 Å². The van der Waals surface area contributed by atoms with Gasteiger partial charge >= 0.3 is 16.4 Å². The standard InChI is InChI=1S/C24H31N9O10S2/c1-24(2)18(20(35)33(24)43-45(38,39)40)31-19(34)17(15-11-44-22(26)29-15)32-42-16(21(36)37)10-41-13-5-3-12(4-6-13)14-9-28-23(30-14)27-8-7-25/h3-6,11,14,16,18H,7-10,25H2,1-2H3,(H2,26,29)(H,31,34)(H,36,37)(H2,27,28,30)(H,38,39,40)/b32-17-. The normalized spacial score (nSPS) is 20.0. The van der Waals surface area contributed by atoms with Gasteiger partial charge in [-0.25, -0.2) is 9.78 Å². The summed E-state index contributed by atoms with van der Waals surface area (Å²) < 4.78 is 40.9. The Morgan fingerprint density at radius 3 is 2.60 bits per heavy atom. The van der Waals surface area contributed by atoms with Gasteiger partial charge in [-0.05, 0) is 31.5 Å². The molecule has 2 aliphatic heterocycles. The van der Waals surface area contributed by atoms with Crippen molar-refractivity contribution in [2.45, 2.75) is 37.6 Å². The maximum Gasteiger partial charge on any atom is 0.418 e. The number of carbonyl (C=O) groups is 3. The van der Waals surface area contributed by atoms with Crippen molar-refractivity contribution in [2.24, 2.45) is 15.9 Å². The van der Waals surface area contributed by atoms with E-state index < -0.39 is 58.2 Å². The largest absolute Gasteiger partial charge is 0.489 e. The fraction of sp³-hybridized carbons (Fsp3) is 0.417. The number of thiazole rings is 1. The topological polar surface area (TPSA) is 282 Å². The van der Waals surface area contributed by atoms with E-state index in [0.29, 0.717) is 36.4 Å². The molecule has 1 saturated heterocycles. The van der Waals surface area contributed by atoms with E-state index in [0.717, 1.165) is 16.9 Å². The molecule has 2 aliphatic rings. The lowest BCUT2D eigenvalue weighted by molar-refractivity contribution is -0.218. The number of carbonyl (C=O) groups excluding carboxylic acids is 2. The van der Waals surface area contributed by atoms with E-state index >= 15 is 0 Å². The Labute approximate surface area is 260 Å². The maximum absolute atomic E-state index is 13.2. The molecule has 45 heavy (non-hydrogen) atoms. The van der Waals surface area contributed by atoms with E-state index in [1.165, 1.54) is 19.2 Å². The second-order valence-electron chi connectivity index (χ2n) is 10.1. The average Bonchev–Trinajstić information content (AvgIpc) is 3.64. The summed E-state index contributed by atoms with van der Waals surface area (Å²) in [4.78, 5) is 51.1. The first-order valence-electron chi connectivity index (χ1n) is 13.2. The molecule has 0 aliphatic carbocycles. The van der Waals surface area contributed by atoms with E-state index in [2.05, 4.69) is 35.4 Å². The third kappa shape index (κ3) is 8.13. The van der Waals surface area contributed by atoms with Crippen LogP contribution in [0.15, 0.2) is 39.8 Å². The highest BCUT2D eigenvalue weighted by atomic mass is 32.3. The van der Waals surface area contributed by atoms with Crippen LogP contribution in [0, 0.1) is 0 Å². The van der Waals surface area contributed by atoms with Crippen LogP contribution in [0.2, 0.25) is 0 Å². The predicted molar refractivity (Wildman–Crippen MR) is 158 cm³/mol. The van der Waals surface area contributed by atoms with Crippen LogP contribution in [0.25, 0.3) is 0 Å². The van der Waals surface area contributed by atoms with Crippen molar-refractivity contribution in [3.63, 3.8) is 0 Å². The fourth-order valence-corrected chi connectivity index (χ4v) is 5.18. The van der Waals surface area contributed by atoms with Crippen molar-refractivity contribution in [3.05, 3.63) is 40.9 Å². The minimum absolute atomic E-state index is 0.0576. The number of hydrogen-bond donors (Lipinski definition) is 7. The van der Waals surface area contributed by atoms with Gasteiger partial charge in [0, 0.05) is 18.5 Å². The number of nitrogens with two attached hydrogens (primary N) is 2. The van der Waals surface area contributed by atoms with Crippen LogP contribution in [-0.2, 0) is 33.9 Å². The van der Waals surface area contributed by atoms with Crippen LogP contribution in [0.3, 0.4) is 0 Å². The van der Waals surface area contributed by atoms with Crippen molar-refractivity contribution in [3.8, 4) is 5.75 Å². The van der Waals surface area contributed by atoms with Gasteiger partial charge in [-0.2, -0.15) is 13.5 Å². The molecule has 0 spiro atoms. The molecule has 3 atom stereocenters. The van der Waals surface area contributed by atoms with E-state index in [-0.39, 0.29) is 16.9 Å². The predicted octanol–water partition coefficient (Wildman–Crippen LogP) is -1.63. The molecular weight excluding hydrogens is 638 g/mol. The fourth-order valence-electron chi connectivity index (χ4n) is 4.18. The molecule has 0 saturated carbocycles. The summed E-state index contributed by atoms with van der Waals surface area (Å²) in [5.74, 6) is -2.48. The number of amides is 2. The van der Waals surface area contributed by atoms with Crippen molar-refractivity contribution in [1.82, 2.24) is 26.0 Å². The number of rotatable bonds is 14. The monoisotopic (exact) mass is 669 g/mol. The Balaban J connectivity index is 1.41. The Morgan fingerprint density at radius 2 is 2.02 bits per heavy atom. The van der Waals surface area contributed by atoms with Gasteiger partial charge in [0.15, 0.2) is 16.8 Å². The number of benzene rings is 1. The number of β-lactam (4-membered cyclic amide) rings is 1. The maximum atomic E-state index is 13.2. The number of hydroxylamine groups is 2. The molecule has 244 valence electrons. The van der Waals surface area contributed by atoms with Gasteiger partial charge in [0.05, 0.1) is 18.1 Å². The summed E-state index contributed by atoms with van der Waals surface area (Å²) >= 11 is 0.957. The summed E-state index contributed by atoms with van der Waals surface area (Å²) in [6.07, 6.45) is -1.68. The van der Waals surface area contributed by atoms with Crippen LogP contribution in [0.4, 0.5) is 5.13 Å². The van der Waals surface area contributed by atoms with Crippen LogP contribution >= 0.6 is 11.3 Å². The number of ether oxygens (including phenoxy) is 1. The number of aliphatic imine (C=N–C) groups is 1. The molecule has 19 nitrogen and oxygen atoms in total. The highest BCUT2D eigenvalue weighted by Gasteiger charge is 2.58. The van der Waals surface area contributed by atoms with Crippen LogP contribution in [0.1, 0.15) is 31.1 Å². The van der Waals surface area contributed by atoms with Gasteiger partial charge in [0.2, 0.25) is 0 Å². The second kappa shape index (κ2) is 13.6. The third-order valence-electron chi connectivity index (χ3n) is 6.51. The molecule has 1 aromatic heterocycles. The molecule has 9 N–H and O–H groups in total. The first-order chi connectivity index (χ1) is 21.2. The minimum atomic E-state index is -5.01. The van der Waals surface area contributed by atoms with E-state index in [1.54, 1.807) is 24.3 Å². The molecule has 1 fully saturated rings. The lowest BCUT2D eigenvalue weighted by Crippen LogP contribution is -2.76. The highest BCUT2D eigenvalue weighted by Crippen LogP contribution is 2.33. The zero-order chi connectivity index (χ0) is 32.9. The first kappa shape index (κ1) is 33.3. The van der Waals surface area contributed by atoms with E-state index in [1.807, 2.05) is 0 Å². The van der Waals surface area contributed by atoms with E-state index in [9.17, 15) is 27.9 Å². The molecule has 2 amide bonds.